The van der Waals surface area contributed by atoms with Crippen LogP contribution in [-0.2, 0) is 17.8 Å². The van der Waals surface area contributed by atoms with Crippen LogP contribution >= 0.6 is 11.3 Å². The topological polar surface area (TPSA) is 55.3 Å². The Balaban J connectivity index is 1.64. The van der Waals surface area contributed by atoms with Gasteiger partial charge in [0.05, 0.1) is 22.5 Å². The van der Waals surface area contributed by atoms with Crippen LogP contribution in [0.1, 0.15) is 18.2 Å². The molecule has 2 aromatic heterocycles. The highest BCUT2D eigenvalue weighted by atomic mass is 32.1. The summed E-state index contributed by atoms with van der Waals surface area (Å²) in [7, 11) is 0. The quantitative estimate of drug-likeness (QED) is 0.421. The number of thiazole rings is 1. The maximum Gasteiger partial charge on any atom is 0.267 e. The molecule has 0 fully saturated rings. The van der Waals surface area contributed by atoms with Gasteiger partial charge in [-0.3, -0.25) is 14.7 Å². The van der Waals surface area contributed by atoms with Gasteiger partial charge in [-0.15, -0.1) is 0 Å². The van der Waals surface area contributed by atoms with Crippen LogP contribution < -0.4 is 9.64 Å². The average Bonchev–Trinajstić information content (AvgIpc) is 3.21. The Kier molecular flexibility index (Phi) is 5.99. The van der Waals surface area contributed by atoms with E-state index in [1.54, 1.807) is 23.2 Å². The number of pyridine rings is 1. The predicted molar refractivity (Wildman–Crippen MR) is 116 cm³/mol. The van der Waals surface area contributed by atoms with Crippen molar-refractivity contribution in [1.29, 1.82) is 0 Å². The Morgan fingerprint density at radius 1 is 1.10 bits per heavy atom. The molecule has 30 heavy (non-hydrogen) atoms. The molecule has 152 valence electrons. The SMILES string of the molecule is CCc1cccc2sc(N(Cc3ccccn3)C(=O)COc3ccccc3F)nc12. The molecule has 0 unspecified atom stereocenters. The van der Waals surface area contributed by atoms with E-state index >= 15 is 0 Å². The zero-order chi connectivity index (χ0) is 20.9. The number of carbonyl (C=O) groups excluding carboxylic acids is 1. The monoisotopic (exact) mass is 421 g/mol. The lowest BCUT2D eigenvalue weighted by Crippen LogP contribution is -2.34. The first-order valence-electron chi connectivity index (χ1n) is 9.61. The molecule has 2 heterocycles. The number of halogens is 1. The van der Waals surface area contributed by atoms with Crippen LogP contribution in [0.2, 0.25) is 0 Å². The summed E-state index contributed by atoms with van der Waals surface area (Å²) in [6.07, 6.45) is 2.53. The summed E-state index contributed by atoms with van der Waals surface area (Å²) in [5.41, 5.74) is 2.75. The van der Waals surface area contributed by atoms with E-state index in [9.17, 15) is 9.18 Å². The molecule has 0 aliphatic carbocycles. The van der Waals surface area contributed by atoms with E-state index in [0.29, 0.717) is 5.13 Å². The first kappa shape index (κ1) is 20.0. The second kappa shape index (κ2) is 9.00. The third-order valence-corrected chi connectivity index (χ3v) is 5.68. The van der Waals surface area contributed by atoms with Crippen molar-refractivity contribution in [2.24, 2.45) is 0 Å². The van der Waals surface area contributed by atoms with Gasteiger partial charge in [0.25, 0.3) is 5.91 Å². The molecule has 1 amide bonds. The van der Waals surface area contributed by atoms with Crippen LogP contribution in [0.15, 0.2) is 66.9 Å². The van der Waals surface area contributed by atoms with Gasteiger partial charge < -0.3 is 4.74 Å². The number of hydrogen-bond acceptors (Lipinski definition) is 5. The molecule has 5 nitrogen and oxygen atoms in total. The van der Waals surface area contributed by atoms with Gasteiger partial charge in [0, 0.05) is 6.20 Å². The van der Waals surface area contributed by atoms with Crippen LogP contribution in [0, 0.1) is 5.82 Å². The number of amides is 1. The number of carbonyl (C=O) groups is 1. The highest BCUT2D eigenvalue weighted by molar-refractivity contribution is 7.22. The zero-order valence-electron chi connectivity index (χ0n) is 16.4. The molecule has 0 bridgehead atoms. The lowest BCUT2D eigenvalue weighted by Gasteiger charge is -2.19. The van der Waals surface area contributed by atoms with Crippen LogP contribution in [0.4, 0.5) is 9.52 Å². The first-order valence-corrected chi connectivity index (χ1v) is 10.4. The Labute approximate surface area is 177 Å². The van der Waals surface area contributed by atoms with Gasteiger partial charge in [0.15, 0.2) is 23.3 Å². The number of nitrogens with zero attached hydrogens (tertiary/aromatic N) is 3. The molecule has 0 saturated heterocycles. The minimum Gasteiger partial charge on any atom is -0.481 e. The molecule has 0 spiro atoms. The molecular weight excluding hydrogens is 401 g/mol. The predicted octanol–water partition coefficient (Wildman–Crippen LogP) is 5.01. The number of hydrogen-bond donors (Lipinski definition) is 0. The average molecular weight is 421 g/mol. The van der Waals surface area contributed by atoms with Crippen LogP contribution in [-0.4, -0.2) is 22.5 Å². The number of ether oxygens (including phenoxy) is 1. The molecule has 7 heteroatoms. The lowest BCUT2D eigenvalue weighted by molar-refractivity contribution is -0.120. The van der Waals surface area contributed by atoms with E-state index in [1.807, 2.05) is 36.4 Å². The molecule has 0 radical (unpaired) electrons. The Hall–Kier alpha value is -3.32. The number of para-hydroxylation sites is 2. The van der Waals surface area contributed by atoms with Gasteiger partial charge in [-0.05, 0) is 42.3 Å². The van der Waals surface area contributed by atoms with Gasteiger partial charge >= 0.3 is 0 Å². The standard InChI is InChI=1S/C23H20FN3O2S/c1-2-16-8-7-12-20-22(16)26-23(30-20)27(14-17-9-5-6-13-25-17)21(28)15-29-19-11-4-3-10-18(19)24/h3-13H,2,14-15H2,1H3. The summed E-state index contributed by atoms with van der Waals surface area (Å²) in [4.78, 5) is 23.7. The second-order valence-corrected chi connectivity index (χ2v) is 7.64. The van der Waals surface area contributed by atoms with E-state index in [1.165, 1.54) is 23.5 Å². The molecule has 0 saturated carbocycles. The summed E-state index contributed by atoms with van der Waals surface area (Å²) < 4.78 is 20.3. The summed E-state index contributed by atoms with van der Waals surface area (Å²) in [5.74, 6) is -0.781. The minimum atomic E-state index is -0.505. The lowest BCUT2D eigenvalue weighted by atomic mass is 10.1. The first-order chi connectivity index (χ1) is 14.7. The molecule has 0 N–H and O–H groups in total. The van der Waals surface area contributed by atoms with Gasteiger partial charge in [-0.25, -0.2) is 9.37 Å². The number of benzene rings is 2. The largest absolute Gasteiger partial charge is 0.481 e. The van der Waals surface area contributed by atoms with Crippen LogP contribution in [0.25, 0.3) is 10.2 Å². The number of rotatable bonds is 7. The highest BCUT2D eigenvalue weighted by Crippen LogP contribution is 2.32. The number of anilines is 1. The normalized spacial score (nSPS) is 10.9. The van der Waals surface area contributed by atoms with Crippen molar-refractivity contribution in [2.75, 3.05) is 11.5 Å². The molecule has 4 aromatic rings. The minimum absolute atomic E-state index is 0.0428. The van der Waals surface area contributed by atoms with Crippen molar-refractivity contribution in [3.05, 3.63) is 83.9 Å². The van der Waals surface area contributed by atoms with Gasteiger partial charge in [0.1, 0.15) is 0 Å². The fourth-order valence-corrected chi connectivity index (χ4v) is 4.12. The Morgan fingerprint density at radius 3 is 2.70 bits per heavy atom. The molecule has 4 rings (SSSR count). The summed E-state index contributed by atoms with van der Waals surface area (Å²) in [5, 5.41) is 0.568. The smallest absolute Gasteiger partial charge is 0.267 e. The van der Waals surface area contributed by atoms with Gasteiger partial charge in [-0.1, -0.05) is 48.6 Å². The third kappa shape index (κ3) is 4.31. The van der Waals surface area contributed by atoms with Crippen molar-refractivity contribution in [3.63, 3.8) is 0 Å². The maximum absolute atomic E-state index is 13.9. The number of fused-ring (bicyclic) bond motifs is 1. The Morgan fingerprint density at radius 2 is 1.93 bits per heavy atom. The van der Waals surface area contributed by atoms with E-state index < -0.39 is 5.82 Å². The van der Waals surface area contributed by atoms with Crippen LogP contribution in [0.5, 0.6) is 5.75 Å². The summed E-state index contributed by atoms with van der Waals surface area (Å²) in [6.45, 7) is 2.03. The van der Waals surface area contributed by atoms with Crippen molar-refractivity contribution in [2.45, 2.75) is 19.9 Å². The number of aryl methyl sites for hydroxylation is 1. The van der Waals surface area contributed by atoms with E-state index in [4.69, 9.17) is 9.72 Å². The highest BCUT2D eigenvalue weighted by Gasteiger charge is 2.22. The molecule has 0 aliphatic rings. The second-order valence-electron chi connectivity index (χ2n) is 6.63. The van der Waals surface area contributed by atoms with Crippen LogP contribution in [0.3, 0.4) is 0 Å². The van der Waals surface area contributed by atoms with Crippen molar-refractivity contribution in [1.82, 2.24) is 9.97 Å². The van der Waals surface area contributed by atoms with E-state index in [2.05, 4.69) is 11.9 Å². The van der Waals surface area contributed by atoms with Gasteiger partial charge in [0.2, 0.25) is 0 Å². The van der Waals surface area contributed by atoms with E-state index in [0.717, 1.165) is 27.9 Å². The third-order valence-electron chi connectivity index (χ3n) is 4.64. The van der Waals surface area contributed by atoms with Crippen molar-refractivity contribution < 1.29 is 13.9 Å². The van der Waals surface area contributed by atoms with Gasteiger partial charge in [-0.2, -0.15) is 0 Å². The fraction of sp³-hybridized carbons (Fsp3) is 0.174. The van der Waals surface area contributed by atoms with E-state index in [-0.39, 0.29) is 24.8 Å². The van der Waals surface area contributed by atoms with Crippen molar-refractivity contribution >= 4 is 32.6 Å². The molecule has 2 aromatic carbocycles. The molecule has 0 atom stereocenters. The Bertz CT molecular complexity index is 1160. The number of aromatic nitrogens is 2. The summed E-state index contributed by atoms with van der Waals surface area (Å²) >= 11 is 1.44. The fourth-order valence-electron chi connectivity index (χ4n) is 3.09. The molecule has 0 aliphatic heterocycles. The van der Waals surface area contributed by atoms with Crippen molar-refractivity contribution in [3.8, 4) is 5.75 Å². The zero-order valence-corrected chi connectivity index (χ0v) is 17.2. The molecular formula is C23H20FN3O2S. The summed E-state index contributed by atoms with van der Waals surface area (Å²) in [6, 6.07) is 17.6. The maximum atomic E-state index is 13.9.